The van der Waals surface area contributed by atoms with Gasteiger partial charge in [-0.3, -0.25) is 9.59 Å². The minimum Gasteiger partial charge on any atom is -0.379 e. The number of urea groups is 1. The van der Waals surface area contributed by atoms with Gasteiger partial charge < -0.3 is 35.5 Å². The van der Waals surface area contributed by atoms with Crippen molar-refractivity contribution in [1.29, 1.82) is 0 Å². The molecule has 3 saturated heterocycles. The number of unbranched alkanes of at least 4 members (excludes halogenated alkanes) is 2. The minimum absolute atomic E-state index is 0.0536. The summed E-state index contributed by atoms with van der Waals surface area (Å²) in [4.78, 5) is 35.2. The highest BCUT2D eigenvalue weighted by Gasteiger charge is 2.40. The Bertz CT molecular complexity index is 746. The normalized spacial score (nSPS) is 23.3. The van der Waals surface area contributed by atoms with Crippen molar-refractivity contribution < 1.29 is 28.6 Å². The summed E-state index contributed by atoms with van der Waals surface area (Å²) in [6, 6.07) is 0.206. The Morgan fingerprint density at radius 3 is 1.90 bits per heavy atom. The molecule has 0 spiro atoms. The second-order valence-corrected chi connectivity index (χ2v) is 14.9. The summed E-state index contributed by atoms with van der Waals surface area (Å²) in [6.45, 7) is 4.60. The quantitative estimate of drug-likeness (QED) is 0.0926. The van der Waals surface area contributed by atoms with Gasteiger partial charge in [0.1, 0.15) is 0 Å². The fourth-order valence-corrected chi connectivity index (χ4v) is 9.57. The number of nitrogens with one attached hydrogen (secondary N) is 4. The lowest BCUT2D eigenvalue weighted by molar-refractivity contribution is -0.122. The van der Waals surface area contributed by atoms with E-state index in [1.807, 2.05) is 33.3 Å². The van der Waals surface area contributed by atoms with E-state index in [1.54, 1.807) is 0 Å². The van der Waals surface area contributed by atoms with E-state index >= 15 is 0 Å². The van der Waals surface area contributed by atoms with Gasteiger partial charge in [0.05, 0.1) is 37.8 Å². The summed E-state index contributed by atoms with van der Waals surface area (Å²) < 4.78 is 16.6. The molecule has 3 fully saturated rings. The minimum atomic E-state index is -0.0536. The molecule has 0 radical (unpaired) electrons. The summed E-state index contributed by atoms with van der Waals surface area (Å²) in [7, 11) is 3.98. The summed E-state index contributed by atoms with van der Waals surface area (Å²) in [5.41, 5.74) is 0. The fraction of sp³-hybridized carbons (Fsp3) is 0.893. The number of carbonyl (C=O) groups is 3. The van der Waals surface area contributed by atoms with E-state index in [0.29, 0.717) is 70.8 Å². The van der Waals surface area contributed by atoms with Crippen molar-refractivity contribution in [1.82, 2.24) is 21.3 Å². The molecule has 0 aromatic heterocycles. The highest BCUT2D eigenvalue weighted by molar-refractivity contribution is 8.77. The lowest BCUT2D eigenvalue weighted by Gasteiger charge is -2.10. The first-order chi connectivity index (χ1) is 20.1. The van der Waals surface area contributed by atoms with Gasteiger partial charge in [0.15, 0.2) is 0 Å². The van der Waals surface area contributed by atoms with Crippen molar-refractivity contribution in [3.8, 4) is 0 Å². The van der Waals surface area contributed by atoms with Crippen molar-refractivity contribution in [3.63, 3.8) is 0 Å². The van der Waals surface area contributed by atoms with Crippen molar-refractivity contribution in [2.24, 2.45) is 0 Å². The van der Waals surface area contributed by atoms with Crippen LogP contribution in [0.3, 0.4) is 0 Å². The third-order valence-corrected chi connectivity index (χ3v) is 11.8. The number of thioether (sulfide) groups is 1. The Balaban J connectivity index is 0.964. The molecule has 236 valence electrons. The van der Waals surface area contributed by atoms with Crippen LogP contribution < -0.4 is 21.3 Å². The van der Waals surface area contributed by atoms with Crippen LogP contribution in [0.2, 0.25) is 0 Å². The van der Waals surface area contributed by atoms with Crippen LogP contribution in [0.1, 0.15) is 77.0 Å². The van der Waals surface area contributed by atoms with Crippen LogP contribution in [0.15, 0.2) is 0 Å². The first-order valence-electron chi connectivity index (χ1n) is 15.4. The third kappa shape index (κ3) is 16.0. The van der Waals surface area contributed by atoms with Crippen LogP contribution in [0.4, 0.5) is 4.79 Å². The van der Waals surface area contributed by atoms with E-state index < -0.39 is 0 Å². The fourth-order valence-electron chi connectivity index (χ4n) is 4.96. The van der Waals surface area contributed by atoms with Gasteiger partial charge in [0.2, 0.25) is 11.8 Å². The molecule has 3 aliphatic rings. The molecular formula is C28H50N4O6S3. The number of ether oxygens (including phenoxy) is 3. The number of hydrogen-bond acceptors (Lipinski definition) is 9. The Morgan fingerprint density at radius 1 is 0.756 bits per heavy atom. The third-order valence-electron chi connectivity index (χ3n) is 7.22. The largest absolute Gasteiger partial charge is 0.379 e. The van der Waals surface area contributed by atoms with Crippen LogP contribution in [-0.4, -0.2) is 98.2 Å². The molecule has 4 atom stereocenters. The molecule has 0 aromatic carbocycles. The lowest BCUT2D eigenvalue weighted by Crippen LogP contribution is -2.27. The van der Waals surface area contributed by atoms with Crippen molar-refractivity contribution in [2.45, 2.75) is 99.0 Å². The van der Waals surface area contributed by atoms with E-state index in [1.165, 1.54) is 18.6 Å². The Labute approximate surface area is 257 Å². The average molecular weight is 635 g/mol. The SMILES string of the molecule is O=C(CCCC[C@H]1CCSS1)NCCCOCCOCCOCCCNC(=O)CCCC[C@H]1C[C@H]2NC(=O)N[C@@H]2S1. The number of amides is 4. The number of carbonyl (C=O) groups excluding carboxylic acids is 3. The maximum absolute atomic E-state index is 12.0. The van der Waals surface area contributed by atoms with Crippen molar-refractivity contribution in [2.75, 3.05) is 58.5 Å². The predicted molar refractivity (Wildman–Crippen MR) is 168 cm³/mol. The van der Waals surface area contributed by atoms with E-state index in [0.717, 1.165) is 56.6 Å². The summed E-state index contributed by atoms with van der Waals surface area (Å²) >= 11 is 1.84. The van der Waals surface area contributed by atoms with E-state index in [-0.39, 0.29) is 29.3 Å². The molecule has 3 aliphatic heterocycles. The molecule has 0 unspecified atom stereocenters. The molecule has 0 bridgehead atoms. The second-order valence-electron chi connectivity index (χ2n) is 10.7. The molecule has 0 saturated carbocycles. The summed E-state index contributed by atoms with van der Waals surface area (Å²) in [5, 5.41) is 13.4. The maximum Gasteiger partial charge on any atom is 0.316 e. The zero-order chi connectivity index (χ0) is 29.0. The van der Waals surface area contributed by atoms with Crippen LogP contribution in [0, 0.1) is 0 Å². The van der Waals surface area contributed by atoms with Crippen LogP contribution in [0.5, 0.6) is 0 Å². The summed E-state index contributed by atoms with van der Waals surface area (Å²) in [6.07, 6.45) is 11.5. The van der Waals surface area contributed by atoms with Gasteiger partial charge in [0.25, 0.3) is 0 Å². The van der Waals surface area contributed by atoms with Crippen molar-refractivity contribution >= 4 is 51.2 Å². The average Bonchev–Trinajstić information content (AvgIpc) is 3.68. The molecule has 10 nitrogen and oxygen atoms in total. The zero-order valence-corrected chi connectivity index (χ0v) is 26.8. The van der Waals surface area contributed by atoms with Crippen LogP contribution in [-0.2, 0) is 23.8 Å². The van der Waals surface area contributed by atoms with E-state index in [4.69, 9.17) is 14.2 Å². The first-order valence-corrected chi connectivity index (χ1v) is 18.7. The first kappa shape index (κ1) is 34.6. The van der Waals surface area contributed by atoms with Crippen LogP contribution in [0.25, 0.3) is 0 Å². The van der Waals surface area contributed by atoms with Gasteiger partial charge in [-0.05, 0) is 51.4 Å². The van der Waals surface area contributed by atoms with Gasteiger partial charge in [-0.2, -0.15) is 0 Å². The van der Waals surface area contributed by atoms with Crippen molar-refractivity contribution in [3.05, 3.63) is 0 Å². The standard InChI is InChI=1S/C28H50N4O6S3/c33-25(9-3-1-7-22-11-20-39-41-22)29-12-5-14-36-16-18-38-19-17-37-15-6-13-30-26(34)10-4-2-8-23-21-24-27(40-23)32-28(35)31-24/h22-24,27H,1-21H2,(H,29,33)(H,30,34)(H2,31,32,35)/t22-,23-,24+,27+/m0/s1. The van der Waals surface area contributed by atoms with E-state index in [9.17, 15) is 14.4 Å². The molecule has 4 N–H and O–H groups in total. The topological polar surface area (TPSA) is 127 Å². The van der Waals surface area contributed by atoms with Gasteiger partial charge in [0, 0.05) is 55.4 Å². The molecule has 0 aromatic rings. The van der Waals surface area contributed by atoms with Gasteiger partial charge in [-0.25, -0.2) is 4.79 Å². The van der Waals surface area contributed by atoms with E-state index in [2.05, 4.69) is 21.3 Å². The maximum atomic E-state index is 12.0. The molecule has 4 amide bonds. The Morgan fingerprint density at radius 2 is 1.34 bits per heavy atom. The number of rotatable bonds is 24. The van der Waals surface area contributed by atoms with Gasteiger partial charge >= 0.3 is 6.03 Å². The number of hydrogen-bond donors (Lipinski definition) is 4. The highest BCUT2D eigenvalue weighted by atomic mass is 33.1. The molecule has 0 aliphatic carbocycles. The lowest BCUT2D eigenvalue weighted by atomic mass is 10.1. The van der Waals surface area contributed by atoms with Gasteiger partial charge in [-0.1, -0.05) is 34.4 Å². The second kappa shape index (κ2) is 21.8. The predicted octanol–water partition coefficient (Wildman–Crippen LogP) is 3.84. The molecule has 13 heteroatoms. The smallest absolute Gasteiger partial charge is 0.316 e. The van der Waals surface area contributed by atoms with Crippen LogP contribution >= 0.6 is 33.3 Å². The van der Waals surface area contributed by atoms with Gasteiger partial charge in [-0.15, -0.1) is 11.8 Å². The monoisotopic (exact) mass is 634 g/mol. The molecule has 3 heterocycles. The molecular weight excluding hydrogens is 585 g/mol. The number of fused-ring (bicyclic) bond motifs is 1. The summed E-state index contributed by atoms with van der Waals surface area (Å²) in [5.74, 6) is 1.52. The Hall–Kier alpha value is -0.860. The molecule has 41 heavy (non-hydrogen) atoms. The zero-order valence-electron chi connectivity index (χ0n) is 24.3. The Kier molecular flexibility index (Phi) is 18.4. The highest BCUT2D eigenvalue weighted by Crippen LogP contribution is 2.40. The molecule has 3 rings (SSSR count).